The number of phenols is 1. The van der Waals surface area contributed by atoms with Crippen LogP contribution in [-0.2, 0) is 6.54 Å². The summed E-state index contributed by atoms with van der Waals surface area (Å²) >= 11 is 0. The predicted octanol–water partition coefficient (Wildman–Crippen LogP) is 2.41. The Morgan fingerprint density at radius 3 is 2.38 bits per heavy atom. The van der Waals surface area contributed by atoms with Gasteiger partial charge in [0.25, 0.3) is 0 Å². The van der Waals surface area contributed by atoms with Gasteiger partial charge in [0.05, 0.1) is 5.56 Å². The minimum atomic E-state index is -0.990. The Bertz CT molecular complexity index is 653. The van der Waals surface area contributed by atoms with Crippen LogP contribution >= 0.6 is 0 Å². The molecular weight excluding hydrogens is 272 g/mol. The van der Waals surface area contributed by atoms with E-state index in [-0.39, 0.29) is 17.9 Å². The van der Waals surface area contributed by atoms with Gasteiger partial charge in [0.15, 0.2) is 0 Å². The Morgan fingerprint density at radius 2 is 1.76 bits per heavy atom. The zero-order valence-corrected chi connectivity index (χ0v) is 11.0. The lowest BCUT2D eigenvalue weighted by Gasteiger charge is -2.08. The van der Waals surface area contributed by atoms with Crippen LogP contribution in [0.25, 0.3) is 0 Å². The zero-order valence-electron chi connectivity index (χ0n) is 11.0. The molecule has 0 aromatic heterocycles. The second-order valence-electron chi connectivity index (χ2n) is 4.36. The molecule has 0 aliphatic rings. The van der Waals surface area contributed by atoms with E-state index in [1.807, 2.05) is 0 Å². The molecule has 0 radical (unpaired) electrons. The van der Waals surface area contributed by atoms with Gasteiger partial charge in [-0.05, 0) is 29.8 Å². The summed E-state index contributed by atoms with van der Waals surface area (Å²) in [4.78, 5) is 22.4. The van der Waals surface area contributed by atoms with Crippen LogP contribution in [-0.4, -0.2) is 22.2 Å². The number of carboxylic acid groups (broad SMARTS) is 1. The predicted molar refractivity (Wildman–Crippen MR) is 77.4 cm³/mol. The number of urea groups is 1. The van der Waals surface area contributed by atoms with Crippen molar-refractivity contribution < 1.29 is 19.8 Å². The Labute approximate surface area is 121 Å². The number of phenolic OH excluding ortho intramolecular Hbond substituents is 1. The minimum absolute atomic E-state index is 0.0667. The highest BCUT2D eigenvalue weighted by Gasteiger charge is 2.04. The van der Waals surface area contributed by atoms with Gasteiger partial charge in [-0.1, -0.05) is 18.2 Å². The molecule has 0 heterocycles. The summed E-state index contributed by atoms with van der Waals surface area (Å²) in [6.07, 6.45) is 0. The average molecular weight is 286 g/mol. The van der Waals surface area contributed by atoms with Crippen LogP contribution in [0, 0.1) is 0 Å². The van der Waals surface area contributed by atoms with E-state index in [2.05, 4.69) is 10.6 Å². The number of anilines is 1. The number of carbonyl (C=O) groups excluding carboxylic acids is 1. The quantitative estimate of drug-likeness (QED) is 0.693. The fourth-order valence-electron chi connectivity index (χ4n) is 1.71. The minimum Gasteiger partial charge on any atom is -0.508 e. The highest BCUT2D eigenvalue weighted by atomic mass is 16.4. The Hall–Kier alpha value is -3.02. The maximum Gasteiger partial charge on any atom is 0.335 e. The van der Waals surface area contributed by atoms with Gasteiger partial charge >= 0.3 is 12.0 Å². The van der Waals surface area contributed by atoms with E-state index in [0.29, 0.717) is 5.69 Å². The molecule has 108 valence electrons. The van der Waals surface area contributed by atoms with Crippen molar-refractivity contribution in [1.29, 1.82) is 0 Å². The number of aromatic hydroxyl groups is 1. The molecule has 2 aromatic carbocycles. The SMILES string of the molecule is O=C(NCc1ccc(C(=O)O)cc1)Nc1cccc(O)c1. The number of amides is 2. The first kappa shape index (κ1) is 14.4. The second-order valence-corrected chi connectivity index (χ2v) is 4.36. The number of carbonyl (C=O) groups is 2. The van der Waals surface area contributed by atoms with Gasteiger partial charge in [-0.25, -0.2) is 9.59 Å². The third-order valence-corrected chi connectivity index (χ3v) is 2.76. The van der Waals surface area contributed by atoms with Crippen molar-refractivity contribution in [1.82, 2.24) is 5.32 Å². The van der Waals surface area contributed by atoms with E-state index in [1.165, 1.54) is 24.3 Å². The summed E-state index contributed by atoms with van der Waals surface area (Å²) in [6.45, 7) is 0.268. The molecule has 0 atom stereocenters. The molecule has 0 aliphatic heterocycles. The number of aromatic carboxylic acids is 1. The monoisotopic (exact) mass is 286 g/mol. The highest BCUT2D eigenvalue weighted by Crippen LogP contribution is 2.15. The van der Waals surface area contributed by atoms with Gasteiger partial charge in [-0.3, -0.25) is 0 Å². The molecule has 21 heavy (non-hydrogen) atoms. The van der Waals surface area contributed by atoms with E-state index in [4.69, 9.17) is 5.11 Å². The first-order valence-electron chi connectivity index (χ1n) is 6.21. The average Bonchev–Trinajstić information content (AvgIpc) is 2.45. The zero-order chi connectivity index (χ0) is 15.2. The van der Waals surface area contributed by atoms with Crippen LogP contribution in [0.3, 0.4) is 0 Å². The summed E-state index contributed by atoms with van der Waals surface area (Å²) in [6, 6.07) is 12.0. The van der Waals surface area contributed by atoms with E-state index < -0.39 is 12.0 Å². The normalized spacial score (nSPS) is 9.90. The van der Waals surface area contributed by atoms with Gasteiger partial charge in [0.1, 0.15) is 5.75 Å². The number of hydrogen-bond donors (Lipinski definition) is 4. The van der Waals surface area contributed by atoms with E-state index in [0.717, 1.165) is 5.56 Å². The van der Waals surface area contributed by atoms with Gasteiger partial charge < -0.3 is 20.8 Å². The molecule has 2 aromatic rings. The molecule has 2 rings (SSSR count). The van der Waals surface area contributed by atoms with Crippen molar-refractivity contribution in [3.63, 3.8) is 0 Å². The fourth-order valence-corrected chi connectivity index (χ4v) is 1.71. The summed E-state index contributed by atoms with van der Waals surface area (Å²) in [5.74, 6) is -0.923. The Morgan fingerprint density at radius 1 is 1.05 bits per heavy atom. The van der Waals surface area contributed by atoms with Gasteiger partial charge in [0, 0.05) is 18.3 Å². The smallest absolute Gasteiger partial charge is 0.335 e. The molecule has 0 unspecified atom stereocenters. The molecule has 6 heteroatoms. The second kappa shape index (κ2) is 6.42. The lowest BCUT2D eigenvalue weighted by Crippen LogP contribution is -2.28. The molecule has 0 aliphatic carbocycles. The molecule has 0 saturated heterocycles. The van der Waals surface area contributed by atoms with Crippen LogP contribution in [0.2, 0.25) is 0 Å². The van der Waals surface area contributed by atoms with Crippen molar-refractivity contribution in [3.05, 3.63) is 59.7 Å². The standard InChI is InChI=1S/C15H14N2O4/c18-13-3-1-2-12(8-13)17-15(21)16-9-10-4-6-11(7-5-10)14(19)20/h1-8,18H,9H2,(H,19,20)(H2,16,17,21). The van der Waals surface area contributed by atoms with Gasteiger partial charge in [-0.15, -0.1) is 0 Å². The summed E-state index contributed by atoms with van der Waals surface area (Å²) in [5, 5.41) is 23.3. The number of nitrogens with one attached hydrogen (secondary N) is 2. The number of rotatable bonds is 4. The summed E-state index contributed by atoms with van der Waals surface area (Å²) in [5.41, 5.74) is 1.46. The van der Waals surface area contributed by atoms with Crippen LogP contribution in [0.5, 0.6) is 5.75 Å². The molecule has 0 bridgehead atoms. The van der Waals surface area contributed by atoms with E-state index in [9.17, 15) is 14.7 Å². The van der Waals surface area contributed by atoms with Crippen molar-refractivity contribution in [2.24, 2.45) is 0 Å². The van der Waals surface area contributed by atoms with Crippen LogP contribution in [0.15, 0.2) is 48.5 Å². The summed E-state index contributed by atoms with van der Waals surface area (Å²) in [7, 11) is 0. The molecule has 0 spiro atoms. The van der Waals surface area contributed by atoms with Crippen LogP contribution in [0.4, 0.5) is 10.5 Å². The maximum atomic E-state index is 11.7. The molecule has 0 fully saturated rings. The molecule has 4 N–H and O–H groups in total. The third kappa shape index (κ3) is 4.24. The Balaban J connectivity index is 1.87. The van der Waals surface area contributed by atoms with Crippen molar-refractivity contribution in [2.75, 3.05) is 5.32 Å². The molecule has 0 saturated carbocycles. The molecule has 2 amide bonds. The number of benzene rings is 2. The topological polar surface area (TPSA) is 98.7 Å². The van der Waals surface area contributed by atoms with Crippen LogP contribution in [0.1, 0.15) is 15.9 Å². The highest BCUT2D eigenvalue weighted by molar-refractivity contribution is 5.89. The van der Waals surface area contributed by atoms with Gasteiger partial charge in [0.2, 0.25) is 0 Å². The fraction of sp³-hybridized carbons (Fsp3) is 0.0667. The third-order valence-electron chi connectivity index (χ3n) is 2.76. The van der Waals surface area contributed by atoms with E-state index in [1.54, 1.807) is 24.3 Å². The van der Waals surface area contributed by atoms with Crippen LogP contribution < -0.4 is 10.6 Å². The van der Waals surface area contributed by atoms with Crippen molar-refractivity contribution in [2.45, 2.75) is 6.54 Å². The molecule has 6 nitrogen and oxygen atoms in total. The number of hydrogen-bond acceptors (Lipinski definition) is 3. The van der Waals surface area contributed by atoms with E-state index >= 15 is 0 Å². The molecular formula is C15H14N2O4. The number of carboxylic acids is 1. The summed E-state index contributed by atoms with van der Waals surface area (Å²) < 4.78 is 0. The first-order valence-corrected chi connectivity index (χ1v) is 6.21. The largest absolute Gasteiger partial charge is 0.508 e. The van der Waals surface area contributed by atoms with Crippen molar-refractivity contribution >= 4 is 17.7 Å². The van der Waals surface area contributed by atoms with Gasteiger partial charge in [-0.2, -0.15) is 0 Å². The Kier molecular flexibility index (Phi) is 4.40. The lowest BCUT2D eigenvalue weighted by molar-refractivity contribution is 0.0697. The maximum absolute atomic E-state index is 11.7. The first-order chi connectivity index (χ1) is 10.0. The lowest BCUT2D eigenvalue weighted by atomic mass is 10.1. The van der Waals surface area contributed by atoms with Crippen molar-refractivity contribution in [3.8, 4) is 5.75 Å².